The van der Waals surface area contributed by atoms with Crippen LogP contribution in [0.3, 0.4) is 0 Å². The van der Waals surface area contributed by atoms with Gasteiger partial charge in [-0.3, -0.25) is 9.48 Å². The van der Waals surface area contributed by atoms with Crippen molar-refractivity contribution >= 4 is 23.2 Å². The van der Waals surface area contributed by atoms with Crippen molar-refractivity contribution in [3.63, 3.8) is 0 Å². The molecule has 1 aliphatic heterocycles. The summed E-state index contributed by atoms with van der Waals surface area (Å²) < 4.78 is 19.8. The van der Waals surface area contributed by atoms with Gasteiger partial charge in [-0.05, 0) is 43.5 Å². The summed E-state index contributed by atoms with van der Waals surface area (Å²) in [6, 6.07) is 6.07. The largest absolute Gasteiger partial charge is 0.465 e. The molecule has 0 bridgehead atoms. The molecule has 0 atom stereocenters. The molecule has 1 N–H and O–H groups in total. The zero-order valence-electron chi connectivity index (χ0n) is 16.5. The first-order valence-electron chi connectivity index (χ1n) is 9.69. The Morgan fingerprint density at radius 1 is 1.27 bits per heavy atom. The summed E-state index contributed by atoms with van der Waals surface area (Å²) in [5.41, 5.74) is 3.37. The Bertz CT molecular complexity index is 1070. The third-order valence-electron chi connectivity index (χ3n) is 5.01. The van der Waals surface area contributed by atoms with Gasteiger partial charge in [0.2, 0.25) is 5.91 Å². The number of carbonyl (C=O) groups excluding carboxylic acids is 2. The Hall–Kier alpha value is -3.07. The summed E-state index contributed by atoms with van der Waals surface area (Å²) in [5, 5.41) is 9.83. The molecule has 9 heteroatoms. The van der Waals surface area contributed by atoms with Gasteiger partial charge in [-0.15, -0.1) is 11.3 Å². The van der Waals surface area contributed by atoms with Gasteiger partial charge in [0.15, 0.2) is 0 Å². The maximum Gasteiger partial charge on any atom is 0.341 e. The lowest BCUT2D eigenvalue weighted by molar-refractivity contribution is -0.120. The summed E-state index contributed by atoms with van der Waals surface area (Å²) in [6.45, 7) is 0.915. The molecule has 3 aromatic rings. The Morgan fingerprint density at radius 3 is 2.83 bits per heavy atom. The van der Waals surface area contributed by atoms with Crippen LogP contribution in [0.25, 0.3) is 11.3 Å². The van der Waals surface area contributed by atoms with Crippen molar-refractivity contribution in [3.05, 3.63) is 57.4 Å². The average Bonchev–Trinajstić information content (AvgIpc) is 3.36. The van der Waals surface area contributed by atoms with E-state index >= 15 is 0 Å². The fraction of sp³-hybridized carbons (Fsp3) is 0.333. The number of ether oxygens (including phenoxy) is 1. The number of carbonyl (C=O) groups is 2. The first-order valence-corrected chi connectivity index (χ1v) is 10.6. The maximum atomic E-state index is 13.1. The minimum Gasteiger partial charge on any atom is -0.465 e. The molecule has 2 aromatic heterocycles. The molecule has 1 amide bonds. The van der Waals surface area contributed by atoms with Crippen LogP contribution >= 0.6 is 11.3 Å². The first kappa shape index (κ1) is 20.2. The Balaban J connectivity index is 1.41. The van der Waals surface area contributed by atoms with Crippen LogP contribution in [-0.4, -0.2) is 33.8 Å². The highest BCUT2D eigenvalue weighted by atomic mass is 32.1. The van der Waals surface area contributed by atoms with E-state index in [-0.39, 0.29) is 24.7 Å². The average molecular weight is 428 g/mol. The normalized spacial score (nSPS) is 13.0. The quantitative estimate of drug-likeness (QED) is 0.610. The Labute approximate surface area is 176 Å². The van der Waals surface area contributed by atoms with Crippen molar-refractivity contribution in [3.8, 4) is 11.3 Å². The lowest BCUT2D eigenvalue weighted by Gasteiger charge is -2.13. The van der Waals surface area contributed by atoms with Crippen LogP contribution < -0.4 is 5.32 Å². The van der Waals surface area contributed by atoms with E-state index in [1.54, 1.807) is 12.1 Å². The molecule has 0 fully saturated rings. The summed E-state index contributed by atoms with van der Waals surface area (Å²) in [5.74, 6) is -0.941. The number of aryl methyl sites for hydroxylation is 1. The molecule has 7 nitrogen and oxygen atoms in total. The van der Waals surface area contributed by atoms with E-state index in [4.69, 9.17) is 4.74 Å². The second-order valence-electron chi connectivity index (χ2n) is 7.03. The third-order valence-corrected chi connectivity index (χ3v) is 5.86. The van der Waals surface area contributed by atoms with Crippen molar-refractivity contribution in [1.82, 2.24) is 20.1 Å². The van der Waals surface area contributed by atoms with E-state index in [0.717, 1.165) is 37.1 Å². The minimum absolute atomic E-state index is 0.118. The van der Waals surface area contributed by atoms with Crippen LogP contribution in [0.15, 0.2) is 29.6 Å². The third kappa shape index (κ3) is 4.25. The van der Waals surface area contributed by atoms with Gasteiger partial charge < -0.3 is 10.1 Å². The van der Waals surface area contributed by atoms with Crippen molar-refractivity contribution < 1.29 is 18.7 Å². The van der Waals surface area contributed by atoms with Gasteiger partial charge in [0.1, 0.15) is 16.4 Å². The zero-order valence-corrected chi connectivity index (χ0v) is 17.3. The molecule has 0 aliphatic carbocycles. The summed E-state index contributed by atoms with van der Waals surface area (Å²) in [4.78, 5) is 29.1. The second-order valence-corrected chi connectivity index (χ2v) is 7.97. The lowest BCUT2D eigenvalue weighted by atomic mass is 10.0. The van der Waals surface area contributed by atoms with Gasteiger partial charge in [-0.1, -0.05) is 0 Å². The highest BCUT2D eigenvalue weighted by Gasteiger charge is 2.26. The van der Waals surface area contributed by atoms with Crippen LogP contribution in [0, 0.1) is 5.82 Å². The molecular weight excluding hydrogens is 407 g/mol. The lowest BCUT2D eigenvalue weighted by Crippen LogP contribution is -2.25. The highest BCUT2D eigenvalue weighted by Crippen LogP contribution is 2.24. The van der Waals surface area contributed by atoms with E-state index in [9.17, 15) is 14.0 Å². The number of amides is 1. The number of hydrogen-bond acceptors (Lipinski definition) is 6. The van der Waals surface area contributed by atoms with Gasteiger partial charge in [-0.25, -0.2) is 14.2 Å². The predicted molar refractivity (Wildman–Crippen MR) is 110 cm³/mol. The van der Waals surface area contributed by atoms with Gasteiger partial charge in [0.05, 0.1) is 37.2 Å². The number of thiazole rings is 1. The Kier molecular flexibility index (Phi) is 5.89. The number of esters is 1. The molecule has 0 saturated carbocycles. The summed E-state index contributed by atoms with van der Waals surface area (Å²) in [6.07, 6.45) is 2.91. The highest BCUT2D eigenvalue weighted by molar-refractivity contribution is 7.10. The summed E-state index contributed by atoms with van der Waals surface area (Å²) >= 11 is 1.37. The van der Waals surface area contributed by atoms with Crippen LogP contribution in [0.5, 0.6) is 0 Å². The molecule has 1 aromatic carbocycles. The molecule has 3 heterocycles. The fourth-order valence-corrected chi connectivity index (χ4v) is 4.34. The smallest absolute Gasteiger partial charge is 0.341 e. The number of halogens is 1. The number of methoxy groups -OCH3 is 1. The number of nitrogens with one attached hydrogen (secondary N) is 1. The number of aromatic nitrogens is 3. The molecule has 0 spiro atoms. The molecule has 0 radical (unpaired) electrons. The van der Waals surface area contributed by atoms with E-state index in [1.807, 2.05) is 10.1 Å². The number of fused-ring (bicyclic) bond motifs is 1. The van der Waals surface area contributed by atoms with E-state index in [0.29, 0.717) is 22.0 Å². The van der Waals surface area contributed by atoms with Crippen molar-refractivity contribution in [2.45, 2.75) is 38.8 Å². The van der Waals surface area contributed by atoms with Crippen molar-refractivity contribution in [2.24, 2.45) is 0 Å². The second kappa shape index (κ2) is 8.74. The summed E-state index contributed by atoms with van der Waals surface area (Å²) in [7, 11) is 1.35. The van der Waals surface area contributed by atoms with Crippen LogP contribution in [0.4, 0.5) is 4.39 Å². The van der Waals surface area contributed by atoms with Crippen LogP contribution in [-0.2, 0) is 35.5 Å². The van der Waals surface area contributed by atoms with Crippen LogP contribution in [0.2, 0.25) is 0 Å². The van der Waals surface area contributed by atoms with Gasteiger partial charge >= 0.3 is 5.97 Å². The van der Waals surface area contributed by atoms with Crippen molar-refractivity contribution in [1.29, 1.82) is 0 Å². The van der Waals surface area contributed by atoms with E-state index in [2.05, 4.69) is 15.4 Å². The topological polar surface area (TPSA) is 86.1 Å². The molecule has 156 valence electrons. The van der Waals surface area contributed by atoms with Gasteiger partial charge in [0.25, 0.3) is 0 Å². The Morgan fingerprint density at radius 2 is 2.07 bits per heavy atom. The number of benzene rings is 1. The monoisotopic (exact) mass is 428 g/mol. The fourth-order valence-electron chi connectivity index (χ4n) is 3.53. The molecule has 0 unspecified atom stereocenters. The molecule has 0 saturated heterocycles. The zero-order chi connectivity index (χ0) is 21.1. The SMILES string of the molecule is COC(=O)c1c(CNC(=O)Cc2nc(-c3ccc(F)cc3)cs2)nn2c1CCCC2. The number of hydrogen-bond donors (Lipinski definition) is 1. The maximum absolute atomic E-state index is 13.1. The molecule has 30 heavy (non-hydrogen) atoms. The number of rotatable bonds is 6. The predicted octanol–water partition coefficient (Wildman–Crippen LogP) is 3.13. The van der Waals surface area contributed by atoms with Crippen LogP contribution in [0.1, 0.15) is 39.6 Å². The minimum atomic E-state index is -0.425. The first-order chi connectivity index (χ1) is 14.5. The van der Waals surface area contributed by atoms with E-state index < -0.39 is 5.97 Å². The molecular formula is C21H21FN4O3S. The van der Waals surface area contributed by atoms with Crippen molar-refractivity contribution in [2.75, 3.05) is 7.11 Å². The van der Waals surface area contributed by atoms with E-state index in [1.165, 1.54) is 30.6 Å². The standard InChI is InChI=1S/C21H21FN4O3S/c1-29-21(28)20-15(25-26-9-3-2-4-17(20)26)11-23-18(27)10-19-24-16(12-30-19)13-5-7-14(22)8-6-13/h5-8,12H,2-4,9-11H2,1H3,(H,23,27). The number of nitrogens with zero attached hydrogens (tertiary/aromatic N) is 3. The van der Waals surface area contributed by atoms with Gasteiger partial charge in [-0.2, -0.15) is 5.10 Å². The van der Waals surface area contributed by atoms with Gasteiger partial charge in [0, 0.05) is 17.5 Å². The molecule has 4 rings (SSSR count). The molecule has 1 aliphatic rings.